The van der Waals surface area contributed by atoms with Crippen molar-refractivity contribution in [3.05, 3.63) is 54.6 Å². The van der Waals surface area contributed by atoms with Crippen molar-refractivity contribution in [1.82, 2.24) is 4.98 Å². The highest BCUT2D eigenvalue weighted by Gasteiger charge is 2.23. The highest BCUT2D eigenvalue weighted by molar-refractivity contribution is 5.67. The highest BCUT2D eigenvalue weighted by Crippen LogP contribution is 2.42. The van der Waals surface area contributed by atoms with Crippen LogP contribution in [0.25, 0.3) is 11.3 Å². The Morgan fingerprint density at radius 3 is 2.81 bits per heavy atom. The average molecular weight is 280 g/mol. The van der Waals surface area contributed by atoms with Crippen molar-refractivity contribution in [2.75, 3.05) is 12.3 Å². The van der Waals surface area contributed by atoms with E-state index in [1.807, 2.05) is 24.3 Å². The predicted molar refractivity (Wildman–Crippen MR) is 86.4 cm³/mol. The van der Waals surface area contributed by atoms with Gasteiger partial charge in [-0.3, -0.25) is 0 Å². The second-order valence-electron chi connectivity index (χ2n) is 5.42. The SMILES string of the molecule is C=CCOc1ccc(-c2cccc(N)n2)c(C2CCC2)c1. The molecule has 3 nitrogen and oxygen atoms in total. The number of nitrogens with two attached hydrogens (primary N) is 1. The molecule has 1 aliphatic carbocycles. The Hall–Kier alpha value is -2.29. The van der Waals surface area contributed by atoms with Gasteiger partial charge >= 0.3 is 0 Å². The molecule has 108 valence electrons. The van der Waals surface area contributed by atoms with E-state index in [1.54, 1.807) is 6.08 Å². The number of nitrogen functional groups attached to an aromatic ring is 1. The minimum Gasteiger partial charge on any atom is -0.490 e. The number of hydrogen-bond donors (Lipinski definition) is 1. The molecular weight excluding hydrogens is 260 g/mol. The number of benzene rings is 1. The van der Waals surface area contributed by atoms with Crippen LogP contribution < -0.4 is 10.5 Å². The lowest BCUT2D eigenvalue weighted by Crippen LogP contribution is -2.11. The summed E-state index contributed by atoms with van der Waals surface area (Å²) in [4.78, 5) is 4.46. The third kappa shape index (κ3) is 2.92. The molecule has 1 saturated carbocycles. The summed E-state index contributed by atoms with van der Waals surface area (Å²) in [7, 11) is 0. The van der Waals surface area contributed by atoms with Crippen molar-refractivity contribution < 1.29 is 4.74 Å². The van der Waals surface area contributed by atoms with E-state index >= 15 is 0 Å². The largest absolute Gasteiger partial charge is 0.490 e. The third-order valence-corrected chi connectivity index (χ3v) is 3.98. The van der Waals surface area contributed by atoms with E-state index in [4.69, 9.17) is 10.5 Å². The number of hydrogen-bond acceptors (Lipinski definition) is 3. The van der Waals surface area contributed by atoms with Gasteiger partial charge in [0.2, 0.25) is 0 Å². The first-order valence-corrected chi connectivity index (χ1v) is 7.38. The van der Waals surface area contributed by atoms with E-state index in [1.165, 1.54) is 24.8 Å². The molecule has 0 radical (unpaired) electrons. The fourth-order valence-corrected chi connectivity index (χ4v) is 2.68. The first-order chi connectivity index (χ1) is 10.3. The second kappa shape index (κ2) is 6.00. The summed E-state index contributed by atoms with van der Waals surface area (Å²) in [6.45, 7) is 4.21. The molecule has 21 heavy (non-hydrogen) atoms. The normalized spacial score (nSPS) is 14.5. The van der Waals surface area contributed by atoms with Gasteiger partial charge in [-0.1, -0.05) is 25.1 Å². The molecule has 0 unspecified atom stereocenters. The molecule has 0 aliphatic heterocycles. The molecule has 1 fully saturated rings. The number of aromatic nitrogens is 1. The lowest BCUT2D eigenvalue weighted by atomic mass is 9.77. The Morgan fingerprint density at radius 2 is 2.14 bits per heavy atom. The van der Waals surface area contributed by atoms with Gasteiger partial charge < -0.3 is 10.5 Å². The van der Waals surface area contributed by atoms with Crippen LogP contribution in [0.1, 0.15) is 30.7 Å². The lowest BCUT2D eigenvalue weighted by Gasteiger charge is -2.28. The summed E-state index contributed by atoms with van der Waals surface area (Å²) in [5.74, 6) is 2.05. The molecule has 0 atom stereocenters. The number of pyridine rings is 1. The first kappa shape index (κ1) is 13.7. The van der Waals surface area contributed by atoms with E-state index in [-0.39, 0.29) is 0 Å². The van der Waals surface area contributed by atoms with Gasteiger partial charge in [0.25, 0.3) is 0 Å². The first-order valence-electron chi connectivity index (χ1n) is 7.38. The Balaban J connectivity index is 2.00. The van der Waals surface area contributed by atoms with Gasteiger partial charge in [-0.2, -0.15) is 0 Å². The molecule has 1 aromatic carbocycles. The number of rotatable bonds is 5. The Labute approximate surface area is 125 Å². The summed E-state index contributed by atoms with van der Waals surface area (Å²) >= 11 is 0. The number of anilines is 1. The third-order valence-electron chi connectivity index (χ3n) is 3.98. The maximum absolute atomic E-state index is 5.82. The minimum absolute atomic E-state index is 0.528. The molecule has 2 N–H and O–H groups in total. The van der Waals surface area contributed by atoms with Gasteiger partial charge in [0, 0.05) is 5.56 Å². The quantitative estimate of drug-likeness (QED) is 0.836. The molecule has 0 spiro atoms. The Bertz CT molecular complexity index is 647. The van der Waals surface area contributed by atoms with Crippen molar-refractivity contribution in [2.24, 2.45) is 0 Å². The van der Waals surface area contributed by atoms with Crippen LogP contribution in [-0.2, 0) is 0 Å². The molecule has 1 aromatic heterocycles. The molecule has 0 amide bonds. The zero-order valence-electron chi connectivity index (χ0n) is 12.1. The number of ether oxygens (including phenoxy) is 1. The zero-order chi connectivity index (χ0) is 14.7. The maximum atomic E-state index is 5.82. The number of nitrogens with zero attached hydrogens (tertiary/aromatic N) is 1. The Kier molecular flexibility index (Phi) is 3.91. The van der Waals surface area contributed by atoms with Gasteiger partial charge in [0.15, 0.2) is 0 Å². The van der Waals surface area contributed by atoms with Gasteiger partial charge in [0.1, 0.15) is 18.2 Å². The van der Waals surface area contributed by atoms with E-state index in [0.29, 0.717) is 18.3 Å². The standard InChI is InChI=1S/C18H20N2O/c1-2-11-21-14-9-10-15(16(12-14)13-5-3-6-13)17-7-4-8-18(19)20-17/h2,4,7-10,12-13H,1,3,5-6,11H2,(H2,19,20). The Morgan fingerprint density at radius 1 is 1.29 bits per heavy atom. The van der Waals surface area contributed by atoms with Crippen molar-refractivity contribution in [3.8, 4) is 17.0 Å². The predicted octanol–water partition coefficient (Wildman–Crippen LogP) is 4.16. The summed E-state index contributed by atoms with van der Waals surface area (Å²) in [6, 6.07) is 12.0. The minimum atomic E-state index is 0.528. The van der Waals surface area contributed by atoms with Crippen LogP contribution in [0.3, 0.4) is 0 Å². The van der Waals surface area contributed by atoms with Crippen LogP contribution >= 0.6 is 0 Å². The lowest BCUT2D eigenvalue weighted by molar-refractivity contribution is 0.360. The molecule has 0 saturated heterocycles. The zero-order valence-corrected chi connectivity index (χ0v) is 12.1. The molecule has 2 aromatic rings. The van der Waals surface area contributed by atoms with Crippen LogP contribution in [0.15, 0.2) is 49.1 Å². The van der Waals surface area contributed by atoms with Crippen molar-refractivity contribution in [1.29, 1.82) is 0 Å². The summed E-state index contributed by atoms with van der Waals surface area (Å²) in [5.41, 5.74) is 9.24. The van der Waals surface area contributed by atoms with Gasteiger partial charge in [-0.15, -0.1) is 0 Å². The average Bonchev–Trinajstić information content (AvgIpc) is 2.43. The van der Waals surface area contributed by atoms with Crippen LogP contribution in [-0.4, -0.2) is 11.6 Å². The molecule has 1 aliphatic rings. The maximum Gasteiger partial charge on any atom is 0.124 e. The summed E-state index contributed by atoms with van der Waals surface area (Å²) in [6.07, 6.45) is 5.53. The van der Waals surface area contributed by atoms with Crippen molar-refractivity contribution in [2.45, 2.75) is 25.2 Å². The smallest absolute Gasteiger partial charge is 0.124 e. The highest BCUT2D eigenvalue weighted by atomic mass is 16.5. The molecule has 3 rings (SSSR count). The molecule has 1 heterocycles. The van der Waals surface area contributed by atoms with Crippen molar-refractivity contribution in [3.63, 3.8) is 0 Å². The molecule has 0 bridgehead atoms. The van der Waals surface area contributed by atoms with E-state index in [0.717, 1.165) is 17.0 Å². The van der Waals surface area contributed by atoms with Gasteiger partial charge in [0.05, 0.1) is 5.69 Å². The van der Waals surface area contributed by atoms with E-state index in [9.17, 15) is 0 Å². The summed E-state index contributed by atoms with van der Waals surface area (Å²) in [5, 5.41) is 0. The van der Waals surface area contributed by atoms with E-state index in [2.05, 4.69) is 23.7 Å². The van der Waals surface area contributed by atoms with Gasteiger partial charge in [-0.05, 0) is 54.7 Å². The topological polar surface area (TPSA) is 48.1 Å². The van der Waals surface area contributed by atoms with Crippen LogP contribution in [0, 0.1) is 0 Å². The summed E-state index contributed by atoms with van der Waals surface area (Å²) < 4.78 is 5.67. The molecule has 3 heteroatoms. The second-order valence-corrected chi connectivity index (χ2v) is 5.42. The molecular formula is C18H20N2O. The fraction of sp³-hybridized carbons (Fsp3) is 0.278. The van der Waals surface area contributed by atoms with E-state index < -0.39 is 0 Å². The van der Waals surface area contributed by atoms with Crippen LogP contribution in [0.4, 0.5) is 5.82 Å². The monoisotopic (exact) mass is 280 g/mol. The van der Waals surface area contributed by atoms with Crippen LogP contribution in [0.5, 0.6) is 5.75 Å². The van der Waals surface area contributed by atoms with Crippen molar-refractivity contribution >= 4 is 5.82 Å². The fourth-order valence-electron chi connectivity index (χ4n) is 2.68. The van der Waals surface area contributed by atoms with Crippen LogP contribution in [0.2, 0.25) is 0 Å². The van der Waals surface area contributed by atoms with Gasteiger partial charge in [-0.25, -0.2) is 4.98 Å².